The van der Waals surface area contributed by atoms with Crippen molar-refractivity contribution >= 4 is 17.3 Å². The van der Waals surface area contributed by atoms with E-state index >= 15 is 0 Å². The maximum atomic E-state index is 10.3. The Morgan fingerprint density at radius 3 is 2.68 bits per heavy atom. The SMILES string of the molecule is Cc1ccc(C)c(C(O)CNc2cccc(Cl)c2)c1. The zero-order valence-electron chi connectivity index (χ0n) is 11.2. The molecule has 100 valence electrons. The topological polar surface area (TPSA) is 32.3 Å². The largest absolute Gasteiger partial charge is 0.387 e. The molecule has 0 spiro atoms. The molecule has 1 unspecified atom stereocenters. The highest BCUT2D eigenvalue weighted by Gasteiger charge is 2.10. The summed E-state index contributed by atoms with van der Waals surface area (Å²) in [6.45, 7) is 4.50. The molecule has 2 N–H and O–H groups in total. The third-order valence-corrected chi connectivity index (χ3v) is 3.35. The van der Waals surface area contributed by atoms with Crippen molar-refractivity contribution in [1.29, 1.82) is 0 Å². The second kappa shape index (κ2) is 6.09. The summed E-state index contributed by atoms with van der Waals surface area (Å²) in [6, 6.07) is 13.6. The van der Waals surface area contributed by atoms with Crippen LogP contribution in [-0.2, 0) is 0 Å². The summed E-state index contributed by atoms with van der Waals surface area (Å²) < 4.78 is 0. The van der Waals surface area contributed by atoms with Gasteiger partial charge >= 0.3 is 0 Å². The number of aliphatic hydroxyl groups is 1. The highest BCUT2D eigenvalue weighted by Crippen LogP contribution is 2.21. The van der Waals surface area contributed by atoms with Crippen LogP contribution >= 0.6 is 11.6 Å². The first-order valence-electron chi connectivity index (χ1n) is 6.31. The molecule has 0 aliphatic heterocycles. The fourth-order valence-electron chi connectivity index (χ4n) is 2.04. The number of hydrogen-bond donors (Lipinski definition) is 2. The lowest BCUT2D eigenvalue weighted by molar-refractivity contribution is 0.191. The van der Waals surface area contributed by atoms with Gasteiger partial charge in [0.15, 0.2) is 0 Å². The van der Waals surface area contributed by atoms with Gasteiger partial charge in [0.25, 0.3) is 0 Å². The van der Waals surface area contributed by atoms with Gasteiger partial charge in [-0.2, -0.15) is 0 Å². The zero-order chi connectivity index (χ0) is 13.8. The minimum Gasteiger partial charge on any atom is -0.387 e. The summed E-state index contributed by atoms with van der Waals surface area (Å²) in [7, 11) is 0. The summed E-state index contributed by atoms with van der Waals surface area (Å²) in [5.41, 5.74) is 4.14. The summed E-state index contributed by atoms with van der Waals surface area (Å²) in [5.74, 6) is 0. The fourth-order valence-corrected chi connectivity index (χ4v) is 2.23. The van der Waals surface area contributed by atoms with Crippen LogP contribution in [0.2, 0.25) is 5.02 Å². The van der Waals surface area contributed by atoms with Crippen LogP contribution in [-0.4, -0.2) is 11.7 Å². The molecular weight excluding hydrogens is 258 g/mol. The van der Waals surface area contributed by atoms with Gasteiger partial charge in [-0.3, -0.25) is 0 Å². The van der Waals surface area contributed by atoms with Crippen molar-refractivity contribution in [2.24, 2.45) is 0 Å². The quantitative estimate of drug-likeness (QED) is 0.880. The van der Waals surface area contributed by atoms with Crippen molar-refractivity contribution in [3.05, 3.63) is 64.2 Å². The van der Waals surface area contributed by atoms with Gasteiger partial charge in [-0.1, -0.05) is 41.4 Å². The monoisotopic (exact) mass is 275 g/mol. The minimum absolute atomic E-state index is 0.463. The molecule has 0 aliphatic rings. The average molecular weight is 276 g/mol. The van der Waals surface area contributed by atoms with E-state index < -0.39 is 6.10 Å². The van der Waals surface area contributed by atoms with Crippen LogP contribution < -0.4 is 5.32 Å². The number of halogens is 1. The van der Waals surface area contributed by atoms with Crippen molar-refractivity contribution in [3.8, 4) is 0 Å². The third-order valence-electron chi connectivity index (χ3n) is 3.12. The van der Waals surface area contributed by atoms with Crippen LogP contribution in [0.1, 0.15) is 22.8 Å². The van der Waals surface area contributed by atoms with E-state index in [4.69, 9.17) is 11.6 Å². The van der Waals surface area contributed by atoms with Gasteiger partial charge in [0.2, 0.25) is 0 Å². The van der Waals surface area contributed by atoms with Crippen molar-refractivity contribution in [1.82, 2.24) is 0 Å². The van der Waals surface area contributed by atoms with Gasteiger partial charge in [-0.25, -0.2) is 0 Å². The molecule has 0 saturated carbocycles. The Morgan fingerprint density at radius 1 is 1.16 bits per heavy atom. The third kappa shape index (κ3) is 3.72. The molecule has 19 heavy (non-hydrogen) atoms. The summed E-state index contributed by atoms with van der Waals surface area (Å²) >= 11 is 5.92. The van der Waals surface area contributed by atoms with Gasteiger partial charge < -0.3 is 10.4 Å². The van der Waals surface area contributed by atoms with Crippen LogP contribution in [0.25, 0.3) is 0 Å². The summed E-state index contributed by atoms with van der Waals surface area (Å²) in [4.78, 5) is 0. The number of aryl methyl sites for hydroxylation is 2. The number of benzene rings is 2. The van der Waals surface area contributed by atoms with Crippen molar-refractivity contribution < 1.29 is 5.11 Å². The molecule has 2 nitrogen and oxygen atoms in total. The summed E-state index contributed by atoms with van der Waals surface area (Å²) in [5, 5.41) is 14.1. The Bertz CT molecular complexity index is 568. The lowest BCUT2D eigenvalue weighted by Crippen LogP contribution is -2.13. The predicted molar refractivity (Wildman–Crippen MR) is 80.8 cm³/mol. The van der Waals surface area contributed by atoms with Gasteiger partial charge in [-0.15, -0.1) is 0 Å². The standard InChI is InChI=1S/C16H18ClNO/c1-11-6-7-12(2)15(8-11)16(19)10-18-14-5-3-4-13(17)9-14/h3-9,16,18-19H,10H2,1-2H3. The van der Waals surface area contributed by atoms with E-state index in [0.29, 0.717) is 11.6 Å². The van der Waals surface area contributed by atoms with E-state index in [9.17, 15) is 5.11 Å². The molecule has 0 saturated heterocycles. The molecule has 3 heteroatoms. The number of rotatable bonds is 4. The van der Waals surface area contributed by atoms with E-state index in [0.717, 1.165) is 22.4 Å². The molecule has 0 bridgehead atoms. The Hall–Kier alpha value is -1.51. The van der Waals surface area contributed by atoms with Crippen LogP contribution in [0, 0.1) is 13.8 Å². The Balaban J connectivity index is 2.05. The molecule has 0 aliphatic carbocycles. The van der Waals surface area contributed by atoms with Crippen LogP contribution in [0.15, 0.2) is 42.5 Å². The van der Waals surface area contributed by atoms with Crippen LogP contribution in [0.5, 0.6) is 0 Å². The number of hydrogen-bond acceptors (Lipinski definition) is 2. The highest BCUT2D eigenvalue weighted by atomic mass is 35.5. The first kappa shape index (κ1) is 13.9. The average Bonchev–Trinajstić information content (AvgIpc) is 2.39. The van der Waals surface area contributed by atoms with Gasteiger partial charge in [0.05, 0.1) is 6.10 Å². The predicted octanol–water partition coefficient (Wildman–Crippen LogP) is 4.10. The molecule has 1 atom stereocenters. The molecule has 0 aromatic heterocycles. The van der Waals surface area contributed by atoms with E-state index in [1.807, 2.05) is 50.2 Å². The normalized spacial score (nSPS) is 12.2. The van der Waals surface area contributed by atoms with Crippen molar-refractivity contribution in [2.75, 3.05) is 11.9 Å². The molecule has 0 heterocycles. The molecule has 0 amide bonds. The molecule has 2 aromatic rings. The van der Waals surface area contributed by atoms with Crippen molar-refractivity contribution in [2.45, 2.75) is 20.0 Å². The van der Waals surface area contributed by atoms with Gasteiger partial charge in [0.1, 0.15) is 0 Å². The van der Waals surface area contributed by atoms with E-state index in [2.05, 4.69) is 11.4 Å². The lowest BCUT2D eigenvalue weighted by atomic mass is 10.0. The van der Waals surface area contributed by atoms with Gasteiger partial charge in [-0.05, 0) is 43.2 Å². The number of anilines is 1. The Labute approximate surface area is 119 Å². The van der Waals surface area contributed by atoms with Crippen LogP contribution in [0.4, 0.5) is 5.69 Å². The Morgan fingerprint density at radius 2 is 1.95 bits per heavy atom. The molecule has 0 fully saturated rings. The van der Waals surface area contributed by atoms with Crippen molar-refractivity contribution in [3.63, 3.8) is 0 Å². The fraction of sp³-hybridized carbons (Fsp3) is 0.250. The highest BCUT2D eigenvalue weighted by molar-refractivity contribution is 6.30. The van der Waals surface area contributed by atoms with E-state index in [1.165, 1.54) is 0 Å². The molecular formula is C16H18ClNO. The number of nitrogens with one attached hydrogen (secondary N) is 1. The second-order valence-corrected chi connectivity index (χ2v) is 5.20. The maximum absolute atomic E-state index is 10.3. The first-order valence-corrected chi connectivity index (χ1v) is 6.69. The first-order chi connectivity index (χ1) is 9.06. The molecule has 2 rings (SSSR count). The Kier molecular flexibility index (Phi) is 4.46. The molecule has 2 aromatic carbocycles. The van der Waals surface area contributed by atoms with Crippen LogP contribution in [0.3, 0.4) is 0 Å². The lowest BCUT2D eigenvalue weighted by Gasteiger charge is -2.16. The maximum Gasteiger partial charge on any atom is 0.0964 e. The van der Waals surface area contributed by atoms with E-state index in [1.54, 1.807) is 0 Å². The smallest absolute Gasteiger partial charge is 0.0964 e. The molecule has 0 radical (unpaired) electrons. The zero-order valence-corrected chi connectivity index (χ0v) is 11.9. The van der Waals surface area contributed by atoms with E-state index in [-0.39, 0.29) is 0 Å². The summed E-state index contributed by atoms with van der Waals surface area (Å²) in [6.07, 6.45) is -0.529. The number of aliphatic hydroxyl groups excluding tert-OH is 1. The second-order valence-electron chi connectivity index (χ2n) is 4.77. The minimum atomic E-state index is -0.529. The van der Waals surface area contributed by atoms with Gasteiger partial charge in [0, 0.05) is 17.3 Å².